The third kappa shape index (κ3) is 3.71. The van der Waals surface area contributed by atoms with Gasteiger partial charge in [-0.3, -0.25) is 0 Å². The van der Waals surface area contributed by atoms with Crippen LogP contribution in [0.1, 0.15) is 42.1 Å². The first-order valence-electron chi connectivity index (χ1n) is 8.26. The molecule has 0 aliphatic heterocycles. The number of nitrogens with one attached hydrogen (secondary N) is 2. The quantitative estimate of drug-likeness (QED) is 0.855. The highest BCUT2D eigenvalue weighted by molar-refractivity contribution is 5.86. The minimum atomic E-state index is -4.16. The minimum absolute atomic E-state index is 0.217. The Morgan fingerprint density at radius 1 is 1.17 bits per heavy atom. The molecule has 0 spiro atoms. The number of hydrogen-bond donors (Lipinski definition) is 2. The molecular formula is C18H23F3N2. The Bertz CT molecular complexity index is 700. The molecular weight excluding hydrogens is 301 g/mol. The lowest BCUT2D eigenvalue weighted by atomic mass is 9.89. The van der Waals surface area contributed by atoms with Crippen LogP contribution in [-0.2, 0) is 19.3 Å². The van der Waals surface area contributed by atoms with Crippen LogP contribution in [0.4, 0.5) is 13.2 Å². The Labute approximate surface area is 134 Å². The van der Waals surface area contributed by atoms with E-state index in [4.69, 9.17) is 0 Å². The summed E-state index contributed by atoms with van der Waals surface area (Å²) in [5.74, 6) is 0. The highest BCUT2D eigenvalue weighted by Crippen LogP contribution is 2.30. The fourth-order valence-corrected chi connectivity index (χ4v) is 3.55. The number of aromatic amines is 1. The summed E-state index contributed by atoms with van der Waals surface area (Å²) < 4.78 is 37.0. The summed E-state index contributed by atoms with van der Waals surface area (Å²) in [7, 11) is 0. The van der Waals surface area contributed by atoms with E-state index in [1.165, 1.54) is 29.4 Å². The molecule has 1 atom stereocenters. The smallest absolute Gasteiger partial charge is 0.358 e. The minimum Gasteiger partial charge on any atom is -0.358 e. The summed E-state index contributed by atoms with van der Waals surface area (Å²) in [5, 5.41) is 3.75. The highest BCUT2D eigenvalue weighted by Gasteiger charge is 2.27. The zero-order chi connectivity index (χ0) is 16.6. The maximum atomic E-state index is 12.3. The monoisotopic (exact) mass is 324 g/mol. The topological polar surface area (TPSA) is 27.8 Å². The second-order valence-corrected chi connectivity index (χ2v) is 6.70. The maximum Gasteiger partial charge on any atom is 0.401 e. The van der Waals surface area contributed by atoms with Gasteiger partial charge in [0.1, 0.15) is 0 Å². The van der Waals surface area contributed by atoms with E-state index >= 15 is 0 Å². The average molecular weight is 324 g/mol. The third-order valence-electron chi connectivity index (χ3n) is 4.74. The molecule has 0 amide bonds. The normalized spacial score (nSPS) is 16.6. The van der Waals surface area contributed by atoms with E-state index in [2.05, 4.69) is 22.4 Å². The van der Waals surface area contributed by atoms with E-state index in [-0.39, 0.29) is 6.04 Å². The van der Waals surface area contributed by atoms with Crippen molar-refractivity contribution in [3.63, 3.8) is 0 Å². The lowest BCUT2D eigenvalue weighted by Crippen LogP contribution is -2.36. The molecule has 23 heavy (non-hydrogen) atoms. The molecule has 1 aliphatic carbocycles. The predicted molar refractivity (Wildman–Crippen MR) is 86.9 cm³/mol. The molecule has 1 aromatic heterocycles. The van der Waals surface area contributed by atoms with Crippen LogP contribution in [0.15, 0.2) is 12.1 Å². The van der Waals surface area contributed by atoms with Crippen LogP contribution in [0.3, 0.4) is 0 Å². The van der Waals surface area contributed by atoms with Gasteiger partial charge in [-0.05, 0) is 74.8 Å². The maximum absolute atomic E-state index is 12.3. The first-order valence-corrected chi connectivity index (χ1v) is 8.26. The van der Waals surface area contributed by atoms with Gasteiger partial charge < -0.3 is 10.3 Å². The van der Waals surface area contributed by atoms with Gasteiger partial charge >= 0.3 is 6.18 Å². The fraction of sp³-hybridized carbons (Fsp3) is 0.556. The number of fused-ring (bicyclic) bond motifs is 2. The zero-order valence-corrected chi connectivity index (χ0v) is 13.6. The van der Waals surface area contributed by atoms with Crippen molar-refractivity contribution in [3.8, 4) is 0 Å². The standard InChI is InChI=1S/C18H23F3N2/c1-11(22-10-18(19,20)21)7-15-12(2)23-17-9-14-6-4-3-5-13(14)8-16(15)17/h8-9,11,22-23H,3-7,10H2,1-2H3. The Balaban J connectivity index is 1.84. The van der Waals surface area contributed by atoms with E-state index in [1.54, 1.807) is 0 Å². The van der Waals surface area contributed by atoms with Crippen LogP contribution in [-0.4, -0.2) is 23.7 Å². The first kappa shape index (κ1) is 16.4. The summed E-state index contributed by atoms with van der Waals surface area (Å²) >= 11 is 0. The lowest BCUT2D eigenvalue weighted by molar-refractivity contribution is -0.126. The van der Waals surface area contributed by atoms with Gasteiger partial charge in [-0.2, -0.15) is 13.2 Å². The number of H-pyrrole nitrogens is 1. The fourth-order valence-electron chi connectivity index (χ4n) is 3.55. The summed E-state index contributed by atoms with van der Waals surface area (Å²) in [5.41, 5.74) is 6.12. The van der Waals surface area contributed by atoms with Crippen molar-refractivity contribution >= 4 is 10.9 Å². The van der Waals surface area contributed by atoms with Gasteiger partial charge in [0, 0.05) is 22.6 Å². The molecule has 3 rings (SSSR count). The van der Waals surface area contributed by atoms with Gasteiger partial charge in [0.2, 0.25) is 0 Å². The molecule has 0 radical (unpaired) electrons. The molecule has 2 nitrogen and oxygen atoms in total. The third-order valence-corrected chi connectivity index (χ3v) is 4.74. The predicted octanol–water partition coefficient (Wildman–Crippen LogP) is 4.44. The Morgan fingerprint density at radius 3 is 2.48 bits per heavy atom. The molecule has 1 aromatic carbocycles. The van der Waals surface area contributed by atoms with Crippen LogP contribution >= 0.6 is 0 Å². The van der Waals surface area contributed by atoms with Crippen LogP contribution in [0.2, 0.25) is 0 Å². The van der Waals surface area contributed by atoms with Gasteiger partial charge in [-0.25, -0.2) is 0 Å². The SMILES string of the molecule is Cc1[nH]c2cc3c(cc2c1CC(C)NCC(F)(F)F)CCCC3. The molecule has 2 aromatic rings. The van der Waals surface area contributed by atoms with E-state index < -0.39 is 12.7 Å². The lowest BCUT2D eigenvalue weighted by Gasteiger charge is -2.17. The van der Waals surface area contributed by atoms with E-state index in [9.17, 15) is 13.2 Å². The molecule has 126 valence electrons. The van der Waals surface area contributed by atoms with Crippen LogP contribution < -0.4 is 5.32 Å². The summed E-state index contributed by atoms with van der Waals surface area (Å²) in [6.45, 7) is 2.87. The Kier molecular flexibility index (Phi) is 4.41. The zero-order valence-electron chi connectivity index (χ0n) is 13.6. The molecule has 1 aliphatic rings. The van der Waals surface area contributed by atoms with E-state index in [1.807, 2.05) is 13.8 Å². The second-order valence-electron chi connectivity index (χ2n) is 6.70. The number of benzene rings is 1. The summed E-state index contributed by atoms with van der Waals surface area (Å²) in [6, 6.07) is 4.26. The van der Waals surface area contributed by atoms with Crippen molar-refractivity contribution in [2.45, 2.75) is 58.2 Å². The summed E-state index contributed by atoms with van der Waals surface area (Å²) in [4.78, 5) is 3.40. The van der Waals surface area contributed by atoms with Crippen LogP contribution in [0.25, 0.3) is 10.9 Å². The van der Waals surface area contributed by atoms with Crippen molar-refractivity contribution in [2.24, 2.45) is 0 Å². The number of alkyl halides is 3. The molecule has 0 fully saturated rings. The molecule has 0 saturated heterocycles. The van der Waals surface area contributed by atoms with Crippen molar-refractivity contribution in [1.82, 2.24) is 10.3 Å². The number of halogens is 3. The molecule has 2 N–H and O–H groups in total. The second kappa shape index (κ2) is 6.19. The molecule has 1 unspecified atom stereocenters. The number of hydrogen-bond acceptors (Lipinski definition) is 1. The van der Waals surface area contributed by atoms with Crippen LogP contribution in [0.5, 0.6) is 0 Å². The van der Waals surface area contributed by atoms with Crippen molar-refractivity contribution in [3.05, 3.63) is 34.5 Å². The van der Waals surface area contributed by atoms with Gasteiger partial charge in [-0.15, -0.1) is 0 Å². The molecule has 1 heterocycles. The number of aromatic nitrogens is 1. The molecule has 5 heteroatoms. The average Bonchev–Trinajstić information content (AvgIpc) is 2.77. The van der Waals surface area contributed by atoms with Gasteiger partial charge in [0.15, 0.2) is 0 Å². The Morgan fingerprint density at radius 2 is 1.83 bits per heavy atom. The highest BCUT2D eigenvalue weighted by atomic mass is 19.4. The molecule has 0 bridgehead atoms. The molecule has 0 saturated carbocycles. The first-order chi connectivity index (χ1) is 10.8. The Hall–Kier alpha value is -1.49. The van der Waals surface area contributed by atoms with Gasteiger partial charge in [0.25, 0.3) is 0 Å². The summed E-state index contributed by atoms with van der Waals surface area (Å²) in [6.07, 6.45) is 1.13. The largest absolute Gasteiger partial charge is 0.401 e. The van der Waals surface area contributed by atoms with E-state index in [0.29, 0.717) is 6.42 Å². The van der Waals surface area contributed by atoms with Crippen molar-refractivity contribution < 1.29 is 13.2 Å². The number of aryl methyl sites for hydroxylation is 3. The van der Waals surface area contributed by atoms with Crippen LogP contribution in [0, 0.1) is 6.92 Å². The van der Waals surface area contributed by atoms with Crippen molar-refractivity contribution in [2.75, 3.05) is 6.54 Å². The van der Waals surface area contributed by atoms with E-state index in [0.717, 1.165) is 29.6 Å². The number of rotatable bonds is 4. The van der Waals surface area contributed by atoms with Gasteiger partial charge in [-0.1, -0.05) is 0 Å². The van der Waals surface area contributed by atoms with Crippen molar-refractivity contribution in [1.29, 1.82) is 0 Å². The van der Waals surface area contributed by atoms with Gasteiger partial charge in [0.05, 0.1) is 6.54 Å².